The second-order valence-electron chi connectivity index (χ2n) is 3.59. The lowest BCUT2D eigenvalue weighted by atomic mass is 10.1. The van der Waals surface area contributed by atoms with Gasteiger partial charge >= 0.3 is 0 Å². The van der Waals surface area contributed by atoms with Crippen LogP contribution >= 0.6 is 0 Å². The quantitative estimate of drug-likeness (QED) is 0.664. The van der Waals surface area contributed by atoms with Gasteiger partial charge in [0, 0.05) is 30.1 Å². The Morgan fingerprint density at radius 3 is 3.27 bits per heavy atom. The third-order valence-electron chi connectivity index (χ3n) is 2.66. The maximum Gasteiger partial charge on any atom is 0.266 e. The van der Waals surface area contributed by atoms with Crippen LogP contribution in [0.25, 0.3) is 5.69 Å². The molecule has 0 spiro atoms. The monoisotopic (exact) mass is 202 g/mol. The summed E-state index contributed by atoms with van der Waals surface area (Å²) < 4.78 is 1.76. The van der Waals surface area contributed by atoms with Crippen LogP contribution < -0.4 is 10.9 Å². The van der Waals surface area contributed by atoms with Gasteiger partial charge in [-0.15, -0.1) is 0 Å². The molecule has 1 aliphatic rings. The zero-order valence-corrected chi connectivity index (χ0v) is 8.24. The van der Waals surface area contributed by atoms with Crippen molar-refractivity contribution in [3.63, 3.8) is 0 Å². The maximum atomic E-state index is 11.2. The highest BCUT2D eigenvalue weighted by Gasteiger charge is 2.17. The number of nitrogens with zero attached hydrogens (tertiary/aromatic N) is 2. The first kappa shape index (κ1) is 8.28. The normalized spacial score (nSPS) is 12.9. The van der Waals surface area contributed by atoms with Crippen molar-refractivity contribution in [1.29, 1.82) is 0 Å². The third kappa shape index (κ3) is 1.09. The zero-order valence-electron chi connectivity index (χ0n) is 8.24. The predicted octanol–water partition coefficient (Wildman–Crippen LogP) is 0.795. The number of aromatic nitrogens is 3. The van der Waals surface area contributed by atoms with Crippen LogP contribution in [0.1, 0.15) is 11.3 Å². The number of H-pyrrole nitrogens is 1. The van der Waals surface area contributed by atoms with Gasteiger partial charge in [0.25, 0.3) is 5.56 Å². The molecule has 0 atom stereocenters. The maximum absolute atomic E-state index is 11.2. The predicted molar refractivity (Wildman–Crippen MR) is 56.2 cm³/mol. The molecule has 1 aliphatic heterocycles. The summed E-state index contributed by atoms with van der Waals surface area (Å²) in [5.41, 5.74) is 3.01. The minimum atomic E-state index is -0.0974. The molecular formula is C10H10N4O. The van der Waals surface area contributed by atoms with Gasteiger partial charge in [0.1, 0.15) is 5.82 Å². The minimum Gasteiger partial charge on any atom is -0.366 e. The van der Waals surface area contributed by atoms with Gasteiger partial charge in [-0.05, 0) is 13.0 Å². The Morgan fingerprint density at radius 1 is 1.53 bits per heavy atom. The van der Waals surface area contributed by atoms with Crippen molar-refractivity contribution in [3.05, 3.63) is 39.9 Å². The van der Waals surface area contributed by atoms with Crippen molar-refractivity contribution in [2.75, 3.05) is 5.32 Å². The van der Waals surface area contributed by atoms with Gasteiger partial charge < -0.3 is 5.32 Å². The Hall–Kier alpha value is -2.04. The average Bonchev–Trinajstić information content (AvgIpc) is 2.59. The van der Waals surface area contributed by atoms with E-state index in [-0.39, 0.29) is 5.56 Å². The van der Waals surface area contributed by atoms with Crippen LogP contribution in [0.5, 0.6) is 0 Å². The Labute approximate surface area is 85.8 Å². The number of rotatable bonds is 0. The van der Waals surface area contributed by atoms with Crippen LogP contribution in [0.15, 0.2) is 23.1 Å². The first-order chi connectivity index (χ1) is 7.25. The van der Waals surface area contributed by atoms with Gasteiger partial charge in [-0.2, -0.15) is 0 Å². The van der Waals surface area contributed by atoms with Crippen molar-refractivity contribution in [2.45, 2.75) is 13.5 Å². The minimum absolute atomic E-state index is 0.0974. The van der Waals surface area contributed by atoms with E-state index in [0.29, 0.717) is 6.54 Å². The number of hydrogen-bond donors (Lipinski definition) is 2. The van der Waals surface area contributed by atoms with E-state index in [1.807, 2.05) is 13.0 Å². The molecular weight excluding hydrogens is 192 g/mol. The molecule has 2 aromatic heterocycles. The Balaban J connectivity index is 2.34. The highest BCUT2D eigenvalue weighted by atomic mass is 16.1. The van der Waals surface area contributed by atoms with Gasteiger partial charge in [0.2, 0.25) is 0 Å². The Kier molecular flexibility index (Phi) is 1.50. The van der Waals surface area contributed by atoms with Crippen molar-refractivity contribution in [2.24, 2.45) is 0 Å². The van der Waals surface area contributed by atoms with E-state index in [1.165, 1.54) is 0 Å². The van der Waals surface area contributed by atoms with E-state index in [0.717, 1.165) is 22.8 Å². The van der Waals surface area contributed by atoms with Gasteiger partial charge in [-0.3, -0.25) is 14.9 Å². The summed E-state index contributed by atoms with van der Waals surface area (Å²) in [7, 11) is 0. The summed E-state index contributed by atoms with van der Waals surface area (Å²) in [4.78, 5) is 15.4. The number of nitrogens with one attached hydrogen (secondary N) is 2. The van der Waals surface area contributed by atoms with Gasteiger partial charge in [-0.25, -0.2) is 4.68 Å². The van der Waals surface area contributed by atoms with Crippen LogP contribution in [0, 0.1) is 6.92 Å². The summed E-state index contributed by atoms with van der Waals surface area (Å²) in [5.74, 6) is 0.804. The van der Waals surface area contributed by atoms with Crippen LogP contribution in [0.3, 0.4) is 0 Å². The fraction of sp³-hybridized carbons (Fsp3) is 0.200. The van der Waals surface area contributed by atoms with E-state index in [1.54, 1.807) is 16.9 Å². The van der Waals surface area contributed by atoms with E-state index in [4.69, 9.17) is 0 Å². The molecule has 0 aromatic carbocycles. The van der Waals surface area contributed by atoms with Gasteiger partial charge in [0.15, 0.2) is 0 Å². The highest BCUT2D eigenvalue weighted by Crippen LogP contribution is 2.24. The largest absolute Gasteiger partial charge is 0.366 e. The Bertz CT molecular complexity index is 581. The number of anilines is 1. The smallest absolute Gasteiger partial charge is 0.266 e. The molecule has 2 aromatic rings. The van der Waals surface area contributed by atoms with Crippen LogP contribution in [0.4, 0.5) is 5.82 Å². The summed E-state index contributed by atoms with van der Waals surface area (Å²) in [5, 5.41) is 5.92. The molecule has 76 valence electrons. The topological polar surface area (TPSA) is 62.7 Å². The molecule has 0 radical (unpaired) electrons. The van der Waals surface area contributed by atoms with Gasteiger partial charge in [0.05, 0.1) is 5.69 Å². The second kappa shape index (κ2) is 2.73. The summed E-state index contributed by atoms with van der Waals surface area (Å²) in [6.07, 6.45) is 1.75. The number of pyridine rings is 1. The zero-order chi connectivity index (χ0) is 10.4. The summed E-state index contributed by atoms with van der Waals surface area (Å²) in [6, 6.07) is 3.46. The molecule has 3 heterocycles. The molecule has 0 bridgehead atoms. The molecule has 0 saturated carbocycles. The average molecular weight is 202 g/mol. The van der Waals surface area contributed by atoms with E-state index >= 15 is 0 Å². The molecule has 5 nitrogen and oxygen atoms in total. The highest BCUT2D eigenvalue weighted by molar-refractivity contribution is 5.54. The van der Waals surface area contributed by atoms with E-state index in [2.05, 4.69) is 15.4 Å². The van der Waals surface area contributed by atoms with E-state index < -0.39 is 0 Å². The number of aromatic amines is 1. The summed E-state index contributed by atoms with van der Waals surface area (Å²) >= 11 is 0. The molecule has 0 fully saturated rings. The molecule has 3 rings (SSSR count). The van der Waals surface area contributed by atoms with Crippen molar-refractivity contribution in [3.8, 4) is 5.69 Å². The number of fused-ring (bicyclic) bond motifs is 3. The van der Waals surface area contributed by atoms with Gasteiger partial charge in [-0.1, -0.05) is 0 Å². The van der Waals surface area contributed by atoms with Crippen LogP contribution in [-0.2, 0) is 6.54 Å². The fourth-order valence-electron chi connectivity index (χ4n) is 1.90. The first-order valence-electron chi connectivity index (χ1n) is 4.76. The van der Waals surface area contributed by atoms with Crippen molar-refractivity contribution in [1.82, 2.24) is 14.8 Å². The number of hydrogen-bond acceptors (Lipinski definition) is 3. The van der Waals surface area contributed by atoms with Crippen LogP contribution in [0.2, 0.25) is 0 Å². The lowest BCUT2D eigenvalue weighted by molar-refractivity contribution is 0.811. The van der Waals surface area contributed by atoms with Crippen LogP contribution in [-0.4, -0.2) is 14.8 Å². The molecule has 0 amide bonds. The lowest BCUT2D eigenvalue weighted by Gasteiger charge is -2.20. The summed E-state index contributed by atoms with van der Waals surface area (Å²) in [6.45, 7) is 2.68. The molecule has 15 heavy (non-hydrogen) atoms. The molecule has 0 unspecified atom stereocenters. The second-order valence-corrected chi connectivity index (χ2v) is 3.59. The Morgan fingerprint density at radius 2 is 2.40 bits per heavy atom. The fourth-order valence-corrected chi connectivity index (χ4v) is 1.90. The third-order valence-corrected chi connectivity index (χ3v) is 2.66. The first-order valence-corrected chi connectivity index (χ1v) is 4.76. The lowest BCUT2D eigenvalue weighted by Crippen LogP contribution is -2.17. The van der Waals surface area contributed by atoms with Crippen molar-refractivity contribution < 1.29 is 0 Å². The van der Waals surface area contributed by atoms with Crippen molar-refractivity contribution >= 4 is 5.82 Å². The molecule has 2 N–H and O–H groups in total. The molecule has 0 aliphatic carbocycles. The van der Waals surface area contributed by atoms with E-state index in [9.17, 15) is 4.79 Å². The SMILES string of the molecule is Cc1nccc2c1CNc1cc(=O)[nH]n1-2. The molecule has 0 saturated heterocycles. The molecule has 5 heteroatoms. The number of aryl methyl sites for hydroxylation is 1. The standard InChI is InChI=1S/C10H10N4O/c1-6-7-5-12-9-4-10(15)13-14(9)8(7)2-3-11-6/h2-4,12H,5H2,1H3,(H,13,15).